The summed E-state index contributed by atoms with van der Waals surface area (Å²) in [7, 11) is 0. The molecule has 0 saturated heterocycles. The van der Waals surface area contributed by atoms with E-state index in [0.29, 0.717) is 0 Å². The first kappa shape index (κ1) is 9.46. The van der Waals surface area contributed by atoms with Crippen molar-refractivity contribution in [3.05, 3.63) is 40.6 Å². The summed E-state index contributed by atoms with van der Waals surface area (Å²) in [4.78, 5) is 13.1. The van der Waals surface area contributed by atoms with E-state index in [1.807, 2.05) is 13.1 Å². The summed E-state index contributed by atoms with van der Waals surface area (Å²) in [5, 5.41) is 0. The molecule has 0 bridgehead atoms. The van der Waals surface area contributed by atoms with Crippen molar-refractivity contribution in [2.45, 2.75) is 27.2 Å². The van der Waals surface area contributed by atoms with Gasteiger partial charge in [-0.2, -0.15) is 0 Å². The topological polar surface area (TPSA) is 38.7 Å². The first-order chi connectivity index (χ1) is 7.68. The lowest BCUT2D eigenvalue weighted by atomic mass is 10.0. The highest BCUT2D eigenvalue weighted by Gasteiger charge is 2.24. The van der Waals surface area contributed by atoms with Crippen molar-refractivity contribution in [2.75, 3.05) is 0 Å². The fourth-order valence-corrected chi connectivity index (χ4v) is 2.31. The van der Waals surface area contributed by atoms with Crippen LogP contribution in [-0.4, -0.2) is 15.0 Å². The summed E-state index contributed by atoms with van der Waals surface area (Å²) in [5.41, 5.74) is 8.35. The Kier molecular flexibility index (Phi) is 1.84. The number of hydrogen-bond donors (Lipinski definition) is 0. The Morgan fingerprint density at radius 1 is 0.938 bits per heavy atom. The van der Waals surface area contributed by atoms with Crippen molar-refractivity contribution in [1.29, 1.82) is 0 Å². The molecule has 0 fully saturated rings. The van der Waals surface area contributed by atoms with E-state index < -0.39 is 0 Å². The Labute approximate surface area is 94.6 Å². The van der Waals surface area contributed by atoms with E-state index in [-0.39, 0.29) is 0 Å². The van der Waals surface area contributed by atoms with Gasteiger partial charge in [-0.15, -0.1) is 0 Å². The number of aromatic nitrogens is 3. The van der Waals surface area contributed by atoms with Crippen molar-refractivity contribution in [1.82, 2.24) is 15.0 Å². The molecule has 2 heterocycles. The lowest BCUT2D eigenvalue weighted by molar-refractivity contribution is 1.05. The van der Waals surface area contributed by atoms with E-state index in [1.165, 1.54) is 22.3 Å². The van der Waals surface area contributed by atoms with Gasteiger partial charge in [0.1, 0.15) is 6.33 Å². The normalized spacial score (nSPS) is 12.4. The molecule has 16 heavy (non-hydrogen) atoms. The predicted octanol–water partition coefficient (Wildman–Crippen LogP) is 2.37. The molecule has 0 spiro atoms. The second-order valence-electron chi connectivity index (χ2n) is 4.32. The fourth-order valence-electron chi connectivity index (χ4n) is 2.31. The maximum Gasteiger partial charge on any atom is 0.116 e. The van der Waals surface area contributed by atoms with Crippen LogP contribution in [0.3, 0.4) is 0 Å². The van der Waals surface area contributed by atoms with Crippen LogP contribution in [0.2, 0.25) is 0 Å². The van der Waals surface area contributed by atoms with Gasteiger partial charge in [-0.3, -0.25) is 4.98 Å². The average molecular weight is 211 g/mol. The third kappa shape index (κ3) is 1.11. The minimum atomic E-state index is 0.951. The average Bonchev–Trinajstić information content (AvgIpc) is 2.65. The van der Waals surface area contributed by atoms with E-state index in [9.17, 15) is 0 Å². The standard InChI is InChI=1S/C13H13N3/c1-7-8(2)14-5-12-10(7)4-11-9(3)15-6-16-13(11)12/h5-6H,4H2,1-3H3. The second kappa shape index (κ2) is 3.11. The lowest BCUT2D eigenvalue weighted by Gasteiger charge is -2.05. The van der Waals surface area contributed by atoms with Crippen molar-refractivity contribution in [3.8, 4) is 11.3 Å². The summed E-state index contributed by atoms with van der Waals surface area (Å²) in [6.45, 7) is 6.23. The zero-order valence-corrected chi connectivity index (χ0v) is 9.70. The Hall–Kier alpha value is -1.77. The highest BCUT2D eigenvalue weighted by molar-refractivity contribution is 5.74. The van der Waals surface area contributed by atoms with Crippen LogP contribution in [0.1, 0.15) is 28.1 Å². The number of fused-ring (bicyclic) bond motifs is 3. The van der Waals surface area contributed by atoms with Crippen molar-refractivity contribution in [3.63, 3.8) is 0 Å². The number of hydrogen-bond acceptors (Lipinski definition) is 3. The molecule has 0 radical (unpaired) electrons. The number of pyridine rings is 1. The van der Waals surface area contributed by atoms with E-state index in [1.54, 1.807) is 6.33 Å². The van der Waals surface area contributed by atoms with Crippen molar-refractivity contribution >= 4 is 0 Å². The van der Waals surface area contributed by atoms with E-state index in [2.05, 4.69) is 28.8 Å². The molecular formula is C13H13N3. The molecule has 3 heteroatoms. The molecule has 1 aliphatic carbocycles. The molecule has 80 valence electrons. The SMILES string of the molecule is Cc1ncc2c(c1C)Cc1c(C)ncnc1-2. The van der Waals surface area contributed by atoms with Gasteiger partial charge in [-0.25, -0.2) is 9.97 Å². The van der Waals surface area contributed by atoms with Crippen LogP contribution in [0.5, 0.6) is 0 Å². The summed E-state index contributed by atoms with van der Waals surface area (Å²) >= 11 is 0. The highest BCUT2D eigenvalue weighted by atomic mass is 14.9. The molecule has 3 rings (SSSR count). The number of nitrogens with zero attached hydrogens (tertiary/aromatic N) is 3. The molecule has 0 unspecified atom stereocenters. The monoisotopic (exact) mass is 211 g/mol. The third-order valence-corrected chi connectivity index (χ3v) is 3.48. The minimum Gasteiger partial charge on any atom is -0.261 e. The predicted molar refractivity (Wildman–Crippen MR) is 62.3 cm³/mol. The Morgan fingerprint density at radius 2 is 1.75 bits per heavy atom. The van der Waals surface area contributed by atoms with Crippen molar-refractivity contribution in [2.24, 2.45) is 0 Å². The molecule has 2 aromatic rings. The van der Waals surface area contributed by atoms with Gasteiger partial charge in [0.25, 0.3) is 0 Å². The van der Waals surface area contributed by atoms with Gasteiger partial charge in [0, 0.05) is 35.1 Å². The van der Waals surface area contributed by atoms with Gasteiger partial charge in [0.2, 0.25) is 0 Å². The van der Waals surface area contributed by atoms with Gasteiger partial charge in [-0.1, -0.05) is 0 Å². The highest BCUT2D eigenvalue weighted by Crippen LogP contribution is 2.37. The lowest BCUT2D eigenvalue weighted by Crippen LogP contribution is -1.93. The molecule has 0 saturated carbocycles. The molecule has 1 aliphatic rings. The fraction of sp³-hybridized carbons (Fsp3) is 0.308. The molecule has 0 aromatic carbocycles. The van der Waals surface area contributed by atoms with Crippen LogP contribution in [0.25, 0.3) is 11.3 Å². The summed E-state index contributed by atoms with van der Waals surface area (Å²) in [5.74, 6) is 0. The van der Waals surface area contributed by atoms with Gasteiger partial charge in [0.05, 0.1) is 5.69 Å². The molecule has 0 atom stereocenters. The quantitative estimate of drug-likeness (QED) is 0.573. The van der Waals surface area contributed by atoms with Crippen LogP contribution < -0.4 is 0 Å². The van der Waals surface area contributed by atoms with E-state index in [4.69, 9.17) is 0 Å². The Balaban J connectivity index is 2.32. The van der Waals surface area contributed by atoms with Gasteiger partial charge < -0.3 is 0 Å². The van der Waals surface area contributed by atoms with Gasteiger partial charge in [0.15, 0.2) is 0 Å². The molecule has 3 nitrogen and oxygen atoms in total. The van der Waals surface area contributed by atoms with Crippen LogP contribution in [0, 0.1) is 20.8 Å². The largest absolute Gasteiger partial charge is 0.261 e. The van der Waals surface area contributed by atoms with Crippen LogP contribution in [0.15, 0.2) is 12.5 Å². The van der Waals surface area contributed by atoms with Gasteiger partial charge >= 0.3 is 0 Å². The summed E-state index contributed by atoms with van der Waals surface area (Å²) in [6.07, 6.45) is 4.53. The van der Waals surface area contributed by atoms with Crippen LogP contribution >= 0.6 is 0 Å². The molecule has 0 amide bonds. The van der Waals surface area contributed by atoms with Crippen LogP contribution in [0.4, 0.5) is 0 Å². The molecule has 0 aliphatic heterocycles. The minimum absolute atomic E-state index is 0.951. The second-order valence-corrected chi connectivity index (χ2v) is 4.32. The summed E-state index contributed by atoms with van der Waals surface area (Å²) in [6, 6.07) is 0. The Bertz CT molecular complexity index is 588. The van der Waals surface area contributed by atoms with E-state index >= 15 is 0 Å². The van der Waals surface area contributed by atoms with Gasteiger partial charge in [-0.05, 0) is 31.9 Å². The number of aryl methyl sites for hydroxylation is 2. The first-order valence-corrected chi connectivity index (χ1v) is 5.44. The molecule has 2 aromatic heterocycles. The smallest absolute Gasteiger partial charge is 0.116 e. The molecular weight excluding hydrogens is 198 g/mol. The van der Waals surface area contributed by atoms with Crippen LogP contribution in [-0.2, 0) is 6.42 Å². The number of rotatable bonds is 0. The summed E-state index contributed by atoms with van der Waals surface area (Å²) < 4.78 is 0. The zero-order chi connectivity index (χ0) is 11.3. The zero-order valence-electron chi connectivity index (χ0n) is 9.70. The maximum absolute atomic E-state index is 4.42. The Morgan fingerprint density at radius 3 is 2.56 bits per heavy atom. The maximum atomic E-state index is 4.42. The third-order valence-electron chi connectivity index (χ3n) is 3.48. The van der Waals surface area contributed by atoms with Crippen molar-refractivity contribution < 1.29 is 0 Å². The van der Waals surface area contributed by atoms with E-state index in [0.717, 1.165) is 23.5 Å². The molecule has 0 N–H and O–H groups in total. The first-order valence-electron chi connectivity index (χ1n) is 5.44.